The number of nitrogens with zero attached hydrogens (tertiary/aromatic N) is 1. The summed E-state index contributed by atoms with van der Waals surface area (Å²) in [5.74, 6) is 5.32. The Bertz CT molecular complexity index is 1820. The zero-order valence-electron chi connectivity index (χ0n) is 34.0. The van der Waals surface area contributed by atoms with Gasteiger partial charge in [-0.05, 0) is 143 Å². The van der Waals surface area contributed by atoms with E-state index in [0.717, 1.165) is 18.8 Å². The third kappa shape index (κ3) is 10.4. The quantitative estimate of drug-likeness (QED) is 0.162. The third-order valence-electron chi connectivity index (χ3n) is 13.0. The Morgan fingerprint density at radius 2 is 1.07 bits per heavy atom. The van der Waals surface area contributed by atoms with Gasteiger partial charge in [0.25, 0.3) is 0 Å². The molecule has 3 aromatic rings. The largest absolute Gasteiger partial charge is 0.375 e. The van der Waals surface area contributed by atoms with Gasteiger partial charge >= 0.3 is 0 Å². The van der Waals surface area contributed by atoms with Crippen molar-refractivity contribution in [3.05, 3.63) is 167 Å². The van der Waals surface area contributed by atoms with Gasteiger partial charge in [-0.1, -0.05) is 138 Å². The summed E-state index contributed by atoms with van der Waals surface area (Å²) < 4.78 is 6.52. The van der Waals surface area contributed by atoms with Gasteiger partial charge < -0.3 is 10.2 Å². The minimum Gasteiger partial charge on any atom is -0.375 e. The molecule has 0 bridgehead atoms. The standard InChI is InChI=1S/C51H65N3O/c1-6-8-46-27-41(30-50(46)43-21-12-37(4)13-22-43)19-18-40-26-45(25-20-42-28-47(9-7-2)51(31-42)44-23-14-38(5)15-24-44)48(29-40)34-55-35-49-33-54(53-52-49)32-39-16-10-36(3)11-17-39/h6-25,33,40-42,45-48,50-53H,26-32,34-35H2,1-5H3/b8-6+,9-7+,19-18+,25-20+. The first-order valence-electron chi connectivity index (χ1n) is 21.2. The number of hydrogen-bond donors (Lipinski definition) is 2. The lowest BCUT2D eigenvalue weighted by Crippen LogP contribution is -2.36. The number of ether oxygens (including phenoxy) is 1. The van der Waals surface area contributed by atoms with E-state index in [0.29, 0.717) is 59.9 Å². The molecule has 9 unspecified atom stereocenters. The topological polar surface area (TPSA) is 36.5 Å². The number of allylic oxidation sites excluding steroid dienone is 8. The van der Waals surface area contributed by atoms with Crippen LogP contribution in [-0.4, -0.2) is 18.2 Å². The fraction of sp³-hybridized carbons (Fsp3) is 0.451. The van der Waals surface area contributed by atoms with E-state index in [9.17, 15) is 0 Å². The van der Waals surface area contributed by atoms with E-state index in [-0.39, 0.29) is 0 Å². The maximum Gasteiger partial charge on any atom is 0.0892 e. The van der Waals surface area contributed by atoms with Gasteiger partial charge in [0, 0.05) is 6.20 Å². The van der Waals surface area contributed by atoms with Crippen LogP contribution in [0.5, 0.6) is 0 Å². The molecular formula is C51H65N3O. The van der Waals surface area contributed by atoms with Crippen molar-refractivity contribution < 1.29 is 4.74 Å². The number of hydrogen-bond acceptors (Lipinski definition) is 4. The summed E-state index contributed by atoms with van der Waals surface area (Å²) in [6.07, 6.45) is 29.4. The Kier molecular flexibility index (Phi) is 13.3. The molecular weight excluding hydrogens is 671 g/mol. The summed E-state index contributed by atoms with van der Waals surface area (Å²) in [4.78, 5) is 0. The first kappa shape index (κ1) is 39.1. The highest BCUT2D eigenvalue weighted by Crippen LogP contribution is 2.47. The highest BCUT2D eigenvalue weighted by Gasteiger charge is 2.36. The van der Waals surface area contributed by atoms with Gasteiger partial charge in [0.1, 0.15) is 0 Å². The smallest absolute Gasteiger partial charge is 0.0892 e. The predicted octanol–water partition coefficient (Wildman–Crippen LogP) is 11.8. The molecule has 0 aromatic heterocycles. The molecule has 3 aromatic carbocycles. The summed E-state index contributed by atoms with van der Waals surface area (Å²) in [5.41, 5.74) is 16.0. The van der Waals surface area contributed by atoms with Crippen LogP contribution in [0.1, 0.15) is 97.6 Å². The average Bonchev–Trinajstić information content (AvgIpc) is 3.99. The first-order valence-corrected chi connectivity index (χ1v) is 21.2. The monoisotopic (exact) mass is 736 g/mol. The molecule has 9 atom stereocenters. The van der Waals surface area contributed by atoms with E-state index in [1.807, 2.05) is 0 Å². The molecule has 3 fully saturated rings. The van der Waals surface area contributed by atoms with E-state index >= 15 is 0 Å². The predicted molar refractivity (Wildman–Crippen MR) is 230 cm³/mol. The van der Waals surface area contributed by atoms with E-state index in [4.69, 9.17) is 4.74 Å². The Morgan fingerprint density at radius 1 is 0.582 bits per heavy atom. The normalized spacial score (nSPS) is 29.8. The van der Waals surface area contributed by atoms with Gasteiger partial charge in [0.2, 0.25) is 0 Å². The van der Waals surface area contributed by atoms with Gasteiger partial charge in [-0.15, -0.1) is 5.53 Å². The van der Waals surface area contributed by atoms with Gasteiger partial charge in [-0.3, -0.25) is 5.01 Å². The lowest BCUT2D eigenvalue weighted by Gasteiger charge is -2.17. The Hall–Kier alpha value is -4.12. The summed E-state index contributed by atoms with van der Waals surface area (Å²) >= 11 is 0. The van der Waals surface area contributed by atoms with Crippen LogP contribution in [0.25, 0.3) is 0 Å². The van der Waals surface area contributed by atoms with Crippen molar-refractivity contribution in [2.75, 3.05) is 13.2 Å². The molecule has 3 aliphatic carbocycles. The minimum atomic E-state index is 0.518. The third-order valence-corrected chi connectivity index (χ3v) is 13.0. The zero-order valence-corrected chi connectivity index (χ0v) is 34.0. The zero-order chi connectivity index (χ0) is 38.1. The minimum absolute atomic E-state index is 0.518. The van der Waals surface area contributed by atoms with Crippen LogP contribution in [0, 0.1) is 62.2 Å². The summed E-state index contributed by atoms with van der Waals surface area (Å²) in [6, 6.07) is 27.3. The van der Waals surface area contributed by atoms with E-state index < -0.39 is 0 Å². The second kappa shape index (κ2) is 18.7. The molecule has 0 amide bonds. The fourth-order valence-corrected chi connectivity index (χ4v) is 10.0. The SMILES string of the molecule is C/C=C/C1CC(/C=C/C2CC(/C=C/C3CC(/C=C/C)C(c4ccc(C)cc4)C3)C(COCC3=CN(Cc4ccc(C)cc4)NN3)C2)CC1c1ccc(C)cc1. The van der Waals surface area contributed by atoms with Crippen molar-refractivity contribution in [1.82, 2.24) is 16.0 Å². The highest BCUT2D eigenvalue weighted by molar-refractivity contribution is 5.30. The molecule has 0 radical (unpaired) electrons. The van der Waals surface area contributed by atoms with Gasteiger partial charge in [-0.2, -0.15) is 0 Å². The second-order valence-electron chi connectivity index (χ2n) is 17.3. The lowest BCUT2D eigenvalue weighted by atomic mass is 9.88. The van der Waals surface area contributed by atoms with Crippen LogP contribution >= 0.6 is 0 Å². The molecule has 4 heteroatoms. The highest BCUT2D eigenvalue weighted by atomic mass is 16.5. The molecule has 0 spiro atoms. The van der Waals surface area contributed by atoms with Gasteiger partial charge in [-0.25, -0.2) is 0 Å². The van der Waals surface area contributed by atoms with Crippen molar-refractivity contribution in [2.45, 2.75) is 91.5 Å². The molecule has 2 N–H and O–H groups in total. The molecule has 55 heavy (non-hydrogen) atoms. The van der Waals surface area contributed by atoms with Crippen molar-refractivity contribution >= 4 is 0 Å². The van der Waals surface area contributed by atoms with E-state index in [1.54, 1.807) is 0 Å². The molecule has 1 heterocycles. The molecule has 4 aliphatic rings. The lowest BCUT2D eigenvalue weighted by molar-refractivity contribution is 0.105. The molecule has 7 rings (SSSR count). The molecule has 1 aliphatic heterocycles. The molecule has 3 saturated carbocycles. The first-order chi connectivity index (χ1) is 26.8. The van der Waals surface area contributed by atoms with Crippen LogP contribution in [0.3, 0.4) is 0 Å². The van der Waals surface area contributed by atoms with Crippen LogP contribution in [-0.2, 0) is 11.3 Å². The Morgan fingerprint density at radius 3 is 1.62 bits per heavy atom. The number of nitrogens with one attached hydrogen (secondary N) is 2. The number of aryl methyl sites for hydroxylation is 3. The van der Waals surface area contributed by atoms with Crippen LogP contribution in [0.2, 0.25) is 0 Å². The van der Waals surface area contributed by atoms with Crippen molar-refractivity contribution in [3.8, 4) is 0 Å². The van der Waals surface area contributed by atoms with E-state index in [2.05, 4.69) is 178 Å². The fourth-order valence-electron chi connectivity index (χ4n) is 10.0. The Balaban J connectivity index is 1.00. The number of hydrazine groups is 2. The van der Waals surface area contributed by atoms with Gasteiger partial charge in [0.15, 0.2) is 0 Å². The maximum atomic E-state index is 6.52. The number of benzene rings is 3. The van der Waals surface area contributed by atoms with Gasteiger partial charge in [0.05, 0.1) is 25.5 Å². The summed E-state index contributed by atoms with van der Waals surface area (Å²) in [5, 5.41) is 2.10. The van der Waals surface area contributed by atoms with E-state index in [1.165, 1.54) is 71.9 Å². The van der Waals surface area contributed by atoms with Crippen molar-refractivity contribution in [1.29, 1.82) is 0 Å². The van der Waals surface area contributed by atoms with Crippen LogP contribution in [0.4, 0.5) is 0 Å². The van der Waals surface area contributed by atoms with Crippen LogP contribution < -0.4 is 11.0 Å². The molecule has 290 valence electrons. The summed E-state index contributed by atoms with van der Waals surface area (Å²) in [7, 11) is 0. The molecule has 4 nitrogen and oxygen atoms in total. The van der Waals surface area contributed by atoms with Crippen molar-refractivity contribution in [3.63, 3.8) is 0 Å². The summed E-state index contributed by atoms with van der Waals surface area (Å²) in [6.45, 7) is 13.0. The number of rotatable bonds is 14. The Labute approximate surface area is 332 Å². The maximum absolute atomic E-state index is 6.52. The average molecular weight is 736 g/mol. The van der Waals surface area contributed by atoms with Crippen molar-refractivity contribution in [2.24, 2.45) is 41.4 Å². The van der Waals surface area contributed by atoms with Crippen LogP contribution in [0.15, 0.2) is 133 Å². The molecule has 0 saturated heterocycles. The second-order valence-corrected chi connectivity index (χ2v) is 17.3.